The van der Waals surface area contributed by atoms with Crippen molar-refractivity contribution in [3.63, 3.8) is 0 Å². The van der Waals surface area contributed by atoms with Gasteiger partial charge in [-0.15, -0.1) is 0 Å². The molecule has 1 aromatic carbocycles. The van der Waals surface area contributed by atoms with Crippen molar-refractivity contribution < 1.29 is 49.2 Å². The molecule has 0 radical (unpaired) electrons. The van der Waals surface area contributed by atoms with Crippen LogP contribution in [0.3, 0.4) is 0 Å². The minimum absolute atomic E-state index is 0.122. The molecule has 5 atom stereocenters. The summed E-state index contributed by atoms with van der Waals surface area (Å²) in [6.45, 7) is 1.11. The second-order valence-corrected chi connectivity index (χ2v) is 7.68. The van der Waals surface area contributed by atoms with Crippen LogP contribution >= 0.6 is 0 Å². The fourth-order valence-corrected chi connectivity index (χ4v) is 2.91. The predicted octanol–water partition coefficient (Wildman–Crippen LogP) is -2.57. The van der Waals surface area contributed by atoms with E-state index in [9.17, 15) is 39.0 Å². The second kappa shape index (κ2) is 13.6. The lowest BCUT2D eigenvalue weighted by atomic mass is 10.0. The first-order valence-electron chi connectivity index (χ1n) is 10.4. The first-order valence-corrected chi connectivity index (χ1v) is 10.4. The lowest BCUT2D eigenvalue weighted by Gasteiger charge is -2.25. The van der Waals surface area contributed by atoms with Crippen molar-refractivity contribution in [2.24, 2.45) is 5.73 Å². The van der Waals surface area contributed by atoms with Crippen LogP contribution in [0.4, 0.5) is 0 Å². The molecule has 0 heterocycles. The van der Waals surface area contributed by atoms with Crippen LogP contribution in [-0.2, 0) is 35.2 Å². The van der Waals surface area contributed by atoms with E-state index in [2.05, 4.69) is 10.6 Å². The summed E-state index contributed by atoms with van der Waals surface area (Å²) in [5, 5.41) is 43.5. The monoisotopic (exact) mass is 496 g/mol. The zero-order chi connectivity index (χ0) is 26.7. The molecule has 0 fully saturated rings. The van der Waals surface area contributed by atoms with E-state index in [0.29, 0.717) is 5.56 Å². The maximum atomic E-state index is 12.7. The summed E-state index contributed by atoms with van der Waals surface area (Å²) in [6, 6.07) is 1.82. The van der Waals surface area contributed by atoms with Crippen LogP contribution < -0.4 is 21.7 Å². The summed E-state index contributed by atoms with van der Waals surface area (Å²) < 4.78 is 0. The van der Waals surface area contributed by atoms with Crippen molar-refractivity contribution in [1.82, 2.24) is 16.0 Å². The number of aliphatic carboxylic acids is 3. The third-order valence-corrected chi connectivity index (χ3v) is 4.70. The van der Waals surface area contributed by atoms with Gasteiger partial charge in [-0.1, -0.05) is 30.3 Å². The van der Waals surface area contributed by atoms with Gasteiger partial charge in [-0.05, 0) is 12.5 Å². The summed E-state index contributed by atoms with van der Waals surface area (Å²) in [4.78, 5) is 70.9. The van der Waals surface area contributed by atoms with Gasteiger partial charge in [-0.25, -0.2) is 4.79 Å². The van der Waals surface area contributed by atoms with Gasteiger partial charge in [0.05, 0.1) is 25.0 Å². The Kier molecular flexibility index (Phi) is 11.3. The Labute approximate surface area is 199 Å². The van der Waals surface area contributed by atoms with E-state index in [4.69, 9.17) is 15.9 Å². The molecule has 3 amide bonds. The van der Waals surface area contributed by atoms with E-state index < -0.39 is 78.7 Å². The Morgan fingerprint density at radius 3 is 1.83 bits per heavy atom. The lowest BCUT2D eigenvalue weighted by Crippen LogP contribution is -2.60. The Hall–Kier alpha value is -4.04. The summed E-state index contributed by atoms with van der Waals surface area (Å²) >= 11 is 0. The van der Waals surface area contributed by atoms with Gasteiger partial charge in [0.15, 0.2) is 0 Å². The molecule has 5 unspecified atom stereocenters. The second-order valence-electron chi connectivity index (χ2n) is 7.68. The number of carboxylic acids is 3. The molecule has 0 spiro atoms. The number of carbonyl (C=O) groups is 6. The fourth-order valence-electron chi connectivity index (χ4n) is 2.91. The molecule has 35 heavy (non-hydrogen) atoms. The van der Waals surface area contributed by atoms with Crippen molar-refractivity contribution in [2.45, 2.75) is 56.5 Å². The minimum atomic E-state index is -1.76. The Balaban J connectivity index is 2.98. The number of aliphatic hydroxyl groups excluding tert-OH is 1. The summed E-state index contributed by atoms with van der Waals surface area (Å²) in [5.74, 6) is -7.66. The number of carboxylic acid groups (broad SMARTS) is 3. The number of nitrogens with two attached hydrogens (primary N) is 1. The molecule has 14 heteroatoms. The van der Waals surface area contributed by atoms with E-state index in [1.54, 1.807) is 30.3 Å². The Morgan fingerprint density at radius 2 is 1.34 bits per heavy atom. The fraction of sp³-hybridized carbons (Fsp3) is 0.429. The Morgan fingerprint density at radius 1 is 0.800 bits per heavy atom. The first-order chi connectivity index (χ1) is 16.3. The van der Waals surface area contributed by atoms with E-state index in [1.807, 2.05) is 5.32 Å². The first kappa shape index (κ1) is 29.0. The molecule has 0 saturated heterocycles. The molecule has 1 rings (SSSR count). The third-order valence-electron chi connectivity index (χ3n) is 4.70. The third kappa shape index (κ3) is 10.2. The molecule has 1 aromatic rings. The van der Waals surface area contributed by atoms with Crippen molar-refractivity contribution >= 4 is 35.6 Å². The number of nitrogens with one attached hydrogen (secondary N) is 3. The van der Waals surface area contributed by atoms with Gasteiger partial charge in [-0.3, -0.25) is 24.0 Å². The number of benzene rings is 1. The average Bonchev–Trinajstić information content (AvgIpc) is 2.75. The van der Waals surface area contributed by atoms with Crippen molar-refractivity contribution in [3.8, 4) is 0 Å². The van der Waals surface area contributed by atoms with Gasteiger partial charge in [0.2, 0.25) is 17.7 Å². The molecule has 192 valence electrons. The van der Waals surface area contributed by atoms with Gasteiger partial charge in [0.1, 0.15) is 18.1 Å². The molecule has 0 aliphatic carbocycles. The predicted molar refractivity (Wildman–Crippen MR) is 118 cm³/mol. The number of carbonyl (C=O) groups excluding carboxylic acids is 3. The SMILES string of the molecule is CC(O)C(NC(=O)C(N)CC(=O)O)C(=O)NC(CC(=O)O)C(=O)NC(Cc1ccccc1)C(=O)O. The molecule has 0 aromatic heterocycles. The van der Waals surface area contributed by atoms with Gasteiger partial charge in [0, 0.05) is 6.42 Å². The van der Waals surface area contributed by atoms with E-state index >= 15 is 0 Å². The molecular formula is C21H28N4O10. The van der Waals surface area contributed by atoms with E-state index in [0.717, 1.165) is 6.92 Å². The number of aliphatic hydroxyl groups is 1. The van der Waals surface area contributed by atoms with Crippen LogP contribution in [0.25, 0.3) is 0 Å². The zero-order valence-corrected chi connectivity index (χ0v) is 18.7. The zero-order valence-electron chi connectivity index (χ0n) is 18.7. The standard InChI is InChI=1S/C21H28N4O10/c1-10(26)17(25-18(31)12(22)8-15(27)28)20(33)23-13(9-16(29)30)19(32)24-14(21(34)35)7-11-5-3-2-4-6-11/h2-6,10,12-14,17,26H,7-9,22H2,1H3,(H,23,33)(H,24,32)(H,25,31)(H,27,28)(H,29,30)(H,34,35). The van der Waals surface area contributed by atoms with Gasteiger partial charge < -0.3 is 42.1 Å². The molecule has 0 aliphatic rings. The van der Waals surface area contributed by atoms with Crippen molar-refractivity contribution in [2.75, 3.05) is 0 Å². The maximum absolute atomic E-state index is 12.7. The molecular weight excluding hydrogens is 468 g/mol. The highest BCUT2D eigenvalue weighted by Gasteiger charge is 2.33. The Bertz CT molecular complexity index is 937. The summed E-state index contributed by atoms with van der Waals surface area (Å²) in [7, 11) is 0. The highest BCUT2D eigenvalue weighted by molar-refractivity contribution is 5.96. The van der Waals surface area contributed by atoms with Crippen LogP contribution in [-0.4, -0.2) is 86.3 Å². The van der Waals surface area contributed by atoms with Crippen molar-refractivity contribution in [1.29, 1.82) is 0 Å². The van der Waals surface area contributed by atoms with Gasteiger partial charge in [0.25, 0.3) is 0 Å². The molecule has 14 nitrogen and oxygen atoms in total. The lowest BCUT2D eigenvalue weighted by molar-refractivity contribution is -0.143. The summed E-state index contributed by atoms with van der Waals surface area (Å²) in [6.07, 6.45) is -3.37. The van der Waals surface area contributed by atoms with Crippen LogP contribution in [0.5, 0.6) is 0 Å². The highest BCUT2D eigenvalue weighted by Crippen LogP contribution is 2.06. The highest BCUT2D eigenvalue weighted by atomic mass is 16.4. The van der Waals surface area contributed by atoms with E-state index in [-0.39, 0.29) is 6.42 Å². The number of hydrogen-bond acceptors (Lipinski definition) is 8. The summed E-state index contributed by atoms with van der Waals surface area (Å²) in [5.41, 5.74) is 6.00. The number of rotatable bonds is 14. The van der Waals surface area contributed by atoms with Crippen LogP contribution in [0.15, 0.2) is 30.3 Å². The normalized spacial score (nSPS) is 14.9. The quantitative estimate of drug-likeness (QED) is 0.133. The molecule has 0 bridgehead atoms. The molecule has 0 aliphatic heterocycles. The average molecular weight is 496 g/mol. The largest absolute Gasteiger partial charge is 0.481 e. The van der Waals surface area contributed by atoms with Crippen molar-refractivity contribution in [3.05, 3.63) is 35.9 Å². The number of hydrogen-bond donors (Lipinski definition) is 8. The van der Waals surface area contributed by atoms with Gasteiger partial charge >= 0.3 is 17.9 Å². The number of amides is 3. The molecule has 0 saturated carbocycles. The van der Waals surface area contributed by atoms with Crippen LogP contribution in [0, 0.1) is 0 Å². The molecule has 9 N–H and O–H groups in total. The minimum Gasteiger partial charge on any atom is -0.481 e. The van der Waals surface area contributed by atoms with Crippen LogP contribution in [0.1, 0.15) is 25.3 Å². The van der Waals surface area contributed by atoms with Gasteiger partial charge in [-0.2, -0.15) is 0 Å². The topological polar surface area (TPSA) is 245 Å². The maximum Gasteiger partial charge on any atom is 0.326 e. The smallest absolute Gasteiger partial charge is 0.326 e. The van der Waals surface area contributed by atoms with Crippen LogP contribution in [0.2, 0.25) is 0 Å². The van der Waals surface area contributed by atoms with E-state index in [1.165, 1.54) is 0 Å².